The fourth-order valence-electron chi connectivity index (χ4n) is 0.409. The molecule has 1 rings (SSSR count). The summed E-state index contributed by atoms with van der Waals surface area (Å²) in [5.74, 6) is 0. The highest BCUT2D eigenvalue weighted by Crippen LogP contribution is 2.25. The first-order chi connectivity index (χ1) is 7.12. The SMILES string of the molecule is C.CC.C[B]C(C)(C)CC.c1cnncn1. The molecular formula is C12H27BN3. The zero-order valence-corrected chi connectivity index (χ0v) is 10.9. The van der Waals surface area contributed by atoms with Gasteiger partial charge in [0.15, 0.2) is 0 Å². The standard InChI is InChI=1S/C6H14B.C3H3N3.C2H6.CH4/c1-5-6(2,3)7-4;1-2-5-6-3-4-1;1-2;/h5H2,1-4H3;1-3H;1-2H3;1H4. The highest BCUT2D eigenvalue weighted by atomic mass is 15.1. The van der Waals surface area contributed by atoms with Crippen LogP contribution in [0.5, 0.6) is 0 Å². The topological polar surface area (TPSA) is 38.7 Å². The molecule has 0 aromatic carbocycles. The lowest BCUT2D eigenvalue weighted by Crippen LogP contribution is -2.06. The molecule has 1 aromatic heterocycles. The van der Waals surface area contributed by atoms with Gasteiger partial charge in [-0.2, -0.15) is 5.10 Å². The molecule has 0 spiro atoms. The number of rotatable bonds is 2. The monoisotopic (exact) mass is 224 g/mol. The maximum atomic E-state index is 3.61. The minimum Gasteiger partial charge on any atom is -0.241 e. The van der Waals surface area contributed by atoms with Gasteiger partial charge in [0, 0.05) is 6.20 Å². The van der Waals surface area contributed by atoms with Gasteiger partial charge in [-0.25, -0.2) is 4.98 Å². The fourth-order valence-corrected chi connectivity index (χ4v) is 0.409. The minimum atomic E-state index is 0. The molecule has 0 amide bonds. The average molecular weight is 224 g/mol. The summed E-state index contributed by atoms with van der Waals surface area (Å²) in [4.78, 5) is 3.61. The second-order valence-corrected chi connectivity index (χ2v) is 3.42. The van der Waals surface area contributed by atoms with Crippen LogP contribution in [0.2, 0.25) is 12.1 Å². The van der Waals surface area contributed by atoms with Crippen LogP contribution >= 0.6 is 0 Å². The van der Waals surface area contributed by atoms with Gasteiger partial charge in [0.2, 0.25) is 0 Å². The quantitative estimate of drug-likeness (QED) is 0.715. The number of aromatic nitrogens is 3. The molecule has 4 heteroatoms. The molecule has 0 saturated heterocycles. The lowest BCUT2D eigenvalue weighted by Gasteiger charge is -2.17. The van der Waals surface area contributed by atoms with E-state index in [1.807, 2.05) is 13.8 Å². The Morgan fingerprint density at radius 3 is 1.75 bits per heavy atom. The molecular weight excluding hydrogens is 197 g/mol. The molecule has 0 bridgehead atoms. The van der Waals surface area contributed by atoms with Crippen LogP contribution in [0, 0.1) is 0 Å². The van der Waals surface area contributed by atoms with Gasteiger partial charge in [0.25, 0.3) is 0 Å². The van der Waals surface area contributed by atoms with Gasteiger partial charge in [-0.15, -0.1) is 5.10 Å². The van der Waals surface area contributed by atoms with Gasteiger partial charge < -0.3 is 0 Å². The van der Waals surface area contributed by atoms with Crippen LogP contribution in [-0.4, -0.2) is 22.5 Å². The minimum absolute atomic E-state index is 0. The molecule has 1 radical (unpaired) electrons. The van der Waals surface area contributed by atoms with Crippen LogP contribution in [0.3, 0.4) is 0 Å². The van der Waals surface area contributed by atoms with E-state index in [1.165, 1.54) is 18.9 Å². The van der Waals surface area contributed by atoms with Gasteiger partial charge in [-0.3, -0.25) is 0 Å². The van der Waals surface area contributed by atoms with Crippen molar-refractivity contribution in [2.75, 3.05) is 0 Å². The first kappa shape index (κ1) is 20.5. The van der Waals surface area contributed by atoms with Crippen LogP contribution in [0.25, 0.3) is 0 Å². The summed E-state index contributed by atoms with van der Waals surface area (Å²) in [5, 5.41) is 7.35. The van der Waals surface area contributed by atoms with Crippen LogP contribution in [0.4, 0.5) is 0 Å². The van der Waals surface area contributed by atoms with Crippen molar-refractivity contribution in [1.82, 2.24) is 15.2 Å². The first-order valence-electron chi connectivity index (χ1n) is 5.49. The van der Waals surface area contributed by atoms with Gasteiger partial charge in [-0.05, 0) is 0 Å². The second kappa shape index (κ2) is 14.1. The van der Waals surface area contributed by atoms with Crippen LogP contribution in [0.1, 0.15) is 48.5 Å². The molecule has 0 saturated carbocycles. The number of hydrogen-bond acceptors (Lipinski definition) is 3. The predicted octanol–water partition coefficient (Wildman–Crippen LogP) is 3.88. The Morgan fingerprint density at radius 1 is 1.12 bits per heavy atom. The van der Waals surface area contributed by atoms with E-state index >= 15 is 0 Å². The fraction of sp³-hybridized carbons (Fsp3) is 0.750. The molecule has 1 heterocycles. The van der Waals surface area contributed by atoms with E-state index < -0.39 is 0 Å². The van der Waals surface area contributed by atoms with Crippen molar-refractivity contribution in [1.29, 1.82) is 0 Å². The molecule has 0 aliphatic heterocycles. The summed E-state index contributed by atoms with van der Waals surface area (Å²) >= 11 is 0. The van der Waals surface area contributed by atoms with Gasteiger partial charge in [0.05, 0.1) is 6.20 Å². The molecule has 93 valence electrons. The van der Waals surface area contributed by atoms with Crippen molar-refractivity contribution in [2.45, 2.75) is 60.6 Å². The lowest BCUT2D eigenvalue weighted by atomic mass is 9.55. The molecule has 0 aliphatic carbocycles. The maximum absolute atomic E-state index is 3.61. The highest BCUT2D eigenvalue weighted by molar-refractivity contribution is 6.37. The molecule has 3 nitrogen and oxygen atoms in total. The highest BCUT2D eigenvalue weighted by Gasteiger charge is 2.10. The first-order valence-corrected chi connectivity index (χ1v) is 5.49. The summed E-state index contributed by atoms with van der Waals surface area (Å²) in [5.41, 5.74) is 0. The van der Waals surface area contributed by atoms with Crippen molar-refractivity contribution in [3.8, 4) is 0 Å². The van der Waals surface area contributed by atoms with E-state index in [2.05, 4.69) is 50.1 Å². The van der Waals surface area contributed by atoms with Gasteiger partial charge >= 0.3 is 0 Å². The Hall–Kier alpha value is -0.925. The van der Waals surface area contributed by atoms with Crippen LogP contribution < -0.4 is 0 Å². The summed E-state index contributed by atoms with van der Waals surface area (Å²) in [6, 6.07) is 0. The molecule has 0 unspecified atom stereocenters. The van der Waals surface area contributed by atoms with Crippen LogP contribution in [0.15, 0.2) is 18.7 Å². The van der Waals surface area contributed by atoms with Crippen molar-refractivity contribution in [2.24, 2.45) is 0 Å². The van der Waals surface area contributed by atoms with Gasteiger partial charge in [0.1, 0.15) is 13.6 Å². The third kappa shape index (κ3) is 15.5. The summed E-state index contributed by atoms with van der Waals surface area (Å²) in [6.45, 7) is 12.8. The van der Waals surface area contributed by atoms with E-state index in [0.717, 1.165) is 0 Å². The Balaban J connectivity index is -0.000000174. The van der Waals surface area contributed by atoms with Crippen LogP contribution in [-0.2, 0) is 0 Å². The number of hydrogen-bond donors (Lipinski definition) is 0. The maximum Gasteiger partial charge on any atom is 0.138 e. The molecule has 1 aromatic rings. The Labute approximate surface area is 102 Å². The van der Waals surface area contributed by atoms with E-state index in [-0.39, 0.29) is 7.43 Å². The zero-order chi connectivity index (χ0) is 12.2. The second-order valence-electron chi connectivity index (χ2n) is 3.42. The van der Waals surface area contributed by atoms with Crippen molar-refractivity contribution >= 4 is 7.28 Å². The average Bonchev–Trinajstić information content (AvgIpc) is 2.35. The Kier molecular flexibility index (Phi) is 18.0. The molecule has 0 fully saturated rings. The van der Waals surface area contributed by atoms with E-state index in [4.69, 9.17) is 0 Å². The van der Waals surface area contributed by atoms with Crippen molar-refractivity contribution < 1.29 is 0 Å². The smallest absolute Gasteiger partial charge is 0.138 e. The normalized spacial score (nSPS) is 8.38. The lowest BCUT2D eigenvalue weighted by molar-refractivity contribution is 0.645. The summed E-state index contributed by atoms with van der Waals surface area (Å²) in [7, 11) is 2.24. The van der Waals surface area contributed by atoms with Crippen molar-refractivity contribution in [3.63, 3.8) is 0 Å². The van der Waals surface area contributed by atoms with Gasteiger partial charge in [-0.1, -0.05) is 60.6 Å². The van der Waals surface area contributed by atoms with E-state index in [9.17, 15) is 0 Å². The number of nitrogens with zero attached hydrogens (tertiary/aromatic N) is 3. The van der Waals surface area contributed by atoms with Crippen molar-refractivity contribution in [3.05, 3.63) is 18.7 Å². The Bertz CT molecular complexity index is 170. The third-order valence-electron chi connectivity index (χ3n) is 2.10. The predicted molar refractivity (Wildman–Crippen MR) is 73.9 cm³/mol. The third-order valence-corrected chi connectivity index (χ3v) is 2.10. The molecule has 0 atom stereocenters. The molecule has 16 heavy (non-hydrogen) atoms. The largest absolute Gasteiger partial charge is 0.241 e. The van der Waals surface area contributed by atoms with E-state index in [0.29, 0.717) is 5.31 Å². The van der Waals surface area contributed by atoms with E-state index in [1.54, 1.807) is 6.20 Å². The zero-order valence-electron chi connectivity index (χ0n) is 10.9. The summed E-state index contributed by atoms with van der Waals surface area (Å²) < 4.78 is 0. The Morgan fingerprint density at radius 2 is 1.69 bits per heavy atom. The molecule has 0 aliphatic rings. The summed E-state index contributed by atoms with van der Waals surface area (Å²) in [6.07, 6.45) is 5.73. The molecule has 0 N–H and O–H groups in total.